The molecule has 1 saturated heterocycles. The van der Waals surface area contributed by atoms with Crippen LogP contribution in [0.5, 0.6) is 0 Å². The van der Waals surface area contributed by atoms with Gasteiger partial charge in [0.15, 0.2) is 0 Å². The highest BCUT2D eigenvalue weighted by Crippen LogP contribution is 2.45. The van der Waals surface area contributed by atoms with E-state index in [0.717, 1.165) is 44.5 Å². The smallest absolute Gasteiger partial charge is 0.410 e. The second kappa shape index (κ2) is 24.4. The van der Waals surface area contributed by atoms with E-state index in [1.165, 1.54) is 0 Å². The fraction of sp³-hybridized carbons (Fsp3) is 0.426. The van der Waals surface area contributed by atoms with Crippen molar-refractivity contribution in [3.63, 3.8) is 0 Å². The predicted octanol–water partition coefficient (Wildman–Crippen LogP) is 6.25. The fourth-order valence-corrected chi connectivity index (χ4v) is 9.28. The third-order valence-electron chi connectivity index (χ3n) is 12.7. The summed E-state index contributed by atoms with van der Waals surface area (Å²) in [5.74, 6) is -2.60. The Balaban J connectivity index is 1.02. The minimum absolute atomic E-state index is 0.0122. The molecule has 2 atom stereocenters. The summed E-state index contributed by atoms with van der Waals surface area (Å²) in [7, 11) is 0. The van der Waals surface area contributed by atoms with Crippen LogP contribution in [0.4, 0.5) is 14.4 Å². The van der Waals surface area contributed by atoms with E-state index in [0.29, 0.717) is 38.6 Å². The Morgan fingerprint density at radius 1 is 0.535 bits per heavy atom. The van der Waals surface area contributed by atoms with E-state index in [9.17, 15) is 33.6 Å². The lowest BCUT2D eigenvalue weighted by Gasteiger charge is -2.27. The SMILES string of the molecule is CC(C)(C)OC(=O)N1CCCCNC(=O)CNC(=O)[C@@H](NC(=O)OCC2c3ccccc3-c3ccccc32)CCCC[C@H](NC(=O)OCC2c3ccccc3-c3ccccc32)C(=O)NCC(=O)NCCC1. The van der Waals surface area contributed by atoms with Crippen LogP contribution in [-0.2, 0) is 33.4 Å². The first-order valence-electron chi connectivity index (χ1n) is 24.6. The summed E-state index contributed by atoms with van der Waals surface area (Å²) in [6, 6.07) is 29.5. The number of nitrogens with one attached hydrogen (secondary N) is 6. The van der Waals surface area contributed by atoms with Gasteiger partial charge in [-0.05, 0) is 97.4 Å². The first-order chi connectivity index (χ1) is 34.3. The molecule has 1 aliphatic heterocycles. The molecule has 17 nitrogen and oxygen atoms in total. The highest BCUT2D eigenvalue weighted by molar-refractivity contribution is 5.90. The van der Waals surface area contributed by atoms with Gasteiger partial charge in [0.1, 0.15) is 30.9 Å². The topological polar surface area (TPSA) is 223 Å². The lowest BCUT2D eigenvalue weighted by atomic mass is 9.98. The Hall–Kier alpha value is -7.43. The molecule has 71 heavy (non-hydrogen) atoms. The van der Waals surface area contributed by atoms with Gasteiger partial charge in [0, 0.05) is 38.0 Å². The zero-order chi connectivity index (χ0) is 50.3. The molecule has 1 heterocycles. The third kappa shape index (κ3) is 14.1. The average molecular weight is 972 g/mol. The molecule has 7 amide bonds. The largest absolute Gasteiger partial charge is 0.449 e. The second-order valence-corrected chi connectivity index (χ2v) is 19.0. The number of hydrogen-bond donors (Lipinski definition) is 6. The van der Waals surface area contributed by atoms with Crippen molar-refractivity contribution in [2.45, 2.75) is 95.2 Å². The number of carbonyl (C=O) groups excluding carboxylic acids is 7. The Morgan fingerprint density at radius 2 is 0.915 bits per heavy atom. The molecule has 0 saturated carbocycles. The number of nitrogens with zero attached hydrogens (tertiary/aromatic N) is 1. The molecule has 6 N–H and O–H groups in total. The molecule has 17 heteroatoms. The molecule has 0 aromatic heterocycles. The van der Waals surface area contributed by atoms with Crippen LogP contribution in [0.3, 0.4) is 0 Å². The van der Waals surface area contributed by atoms with Gasteiger partial charge in [-0.25, -0.2) is 14.4 Å². The van der Waals surface area contributed by atoms with Crippen molar-refractivity contribution < 1.29 is 47.8 Å². The van der Waals surface area contributed by atoms with Crippen molar-refractivity contribution in [1.82, 2.24) is 36.8 Å². The van der Waals surface area contributed by atoms with Gasteiger partial charge < -0.3 is 51.0 Å². The molecule has 3 aliphatic rings. The molecule has 0 unspecified atom stereocenters. The number of ether oxygens (including phenoxy) is 3. The predicted molar refractivity (Wildman–Crippen MR) is 266 cm³/mol. The highest BCUT2D eigenvalue weighted by Gasteiger charge is 2.32. The number of carbonyl (C=O) groups is 7. The van der Waals surface area contributed by atoms with Crippen LogP contribution in [0.25, 0.3) is 22.3 Å². The summed E-state index contributed by atoms with van der Waals surface area (Å²) in [5.41, 5.74) is 7.61. The maximum Gasteiger partial charge on any atom is 0.410 e. The molecular weight excluding hydrogens is 907 g/mol. The van der Waals surface area contributed by atoms with E-state index in [1.54, 1.807) is 25.7 Å². The standard InChI is InChI=1S/C54H65N7O10/c1-54(2,3)71-53(68)61-29-15-14-27-55-47(62)31-57-49(64)45(59-51(66)69-33-43-39-21-8-4-17-35(39)36-18-5-9-22-40(36)43)25-12-13-26-46(50(65)58-32-48(63)56-28-16-30-61)60-52(67)70-34-44-41-23-10-6-19-37(41)38-20-7-11-24-42(38)44/h4-11,17-24,43-46H,12-16,25-34H2,1-3H3,(H,55,62)(H,56,63)(H,57,64)(H,58,65)(H,59,66)(H,60,67)/t45-,46-/m0/s1. The van der Waals surface area contributed by atoms with Crippen molar-refractivity contribution >= 4 is 41.9 Å². The molecule has 0 radical (unpaired) electrons. The van der Waals surface area contributed by atoms with Crippen LogP contribution >= 0.6 is 0 Å². The zero-order valence-corrected chi connectivity index (χ0v) is 40.7. The molecule has 1 fully saturated rings. The van der Waals surface area contributed by atoms with Gasteiger partial charge in [0.25, 0.3) is 0 Å². The molecular formula is C54H65N7O10. The molecule has 376 valence electrons. The summed E-state index contributed by atoms with van der Waals surface area (Å²) in [6.07, 6.45) is 0.0554. The van der Waals surface area contributed by atoms with E-state index in [4.69, 9.17) is 14.2 Å². The van der Waals surface area contributed by atoms with E-state index < -0.39 is 59.6 Å². The van der Waals surface area contributed by atoms with Crippen molar-refractivity contribution in [3.8, 4) is 22.3 Å². The summed E-state index contributed by atoms with van der Waals surface area (Å²) in [5, 5.41) is 16.2. The van der Waals surface area contributed by atoms with E-state index in [2.05, 4.69) is 31.9 Å². The van der Waals surface area contributed by atoms with E-state index in [-0.39, 0.29) is 70.6 Å². The van der Waals surface area contributed by atoms with Crippen molar-refractivity contribution in [3.05, 3.63) is 119 Å². The molecule has 4 aromatic rings. The molecule has 2 aliphatic carbocycles. The van der Waals surface area contributed by atoms with Gasteiger partial charge >= 0.3 is 18.3 Å². The Labute approximate surface area is 414 Å². The quantitative estimate of drug-likeness (QED) is 0.119. The van der Waals surface area contributed by atoms with Crippen LogP contribution in [-0.4, -0.2) is 117 Å². The Morgan fingerprint density at radius 3 is 1.32 bits per heavy atom. The van der Waals surface area contributed by atoms with Crippen LogP contribution in [0.2, 0.25) is 0 Å². The van der Waals surface area contributed by atoms with Gasteiger partial charge in [-0.3, -0.25) is 19.2 Å². The van der Waals surface area contributed by atoms with E-state index >= 15 is 0 Å². The van der Waals surface area contributed by atoms with Crippen LogP contribution < -0.4 is 31.9 Å². The van der Waals surface area contributed by atoms with Crippen LogP contribution in [0.15, 0.2) is 97.1 Å². The number of alkyl carbamates (subject to hydrolysis) is 2. The van der Waals surface area contributed by atoms with Gasteiger partial charge in [-0.15, -0.1) is 0 Å². The monoisotopic (exact) mass is 971 g/mol. The normalized spacial score (nSPS) is 18.9. The minimum Gasteiger partial charge on any atom is -0.449 e. The van der Waals surface area contributed by atoms with Crippen molar-refractivity contribution in [2.24, 2.45) is 0 Å². The average Bonchev–Trinajstić information content (AvgIpc) is 3.85. The van der Waals surface area contributed by atoms with Gasteiger partial charge in [0.2, 0.25) is 23.6 Å². The van der Waals surface area contributed by atoms with Gasteiger partial charge in [-0.2, -0.15) is 0 Å². The maximum atomic E-state index is 13.8. The lowest BCUT2D eigenvalue weighted by Crippen LogP contribution is -2.50. The third-order valence-corrected chi connectivity index (χ3v) is 12.7. The number of fused-ring (bicyclic) bond motifs is 6. The summed E-state index contributed by atoms with van der Waals surface area (Å²) < 4.78 is 17.2. The van der Waals surface area contributed by atoms with Crippen LogP contribution in [0.1, 0.15) is 99.8 Å². The molecule has 0 bridgehead atoms. The first-order valence-corrected chi connectivity index (χ1v) is 24.6. The van der Waals surface area contributed by atoms with Gasteiger partial charge in [-0.1, -0.05) is 110 Å². The van der Waals surface area contributed by atoms with E-state index in [1.807, 2.05) is 97.1 Å². The van der Waals surface area contributed by atoms with Crippen LogP contribution in [0, 0.1) is 0 Å². The van der Waals surface area contributed by atoms with Crippen molar-refractivity contribution in [2.75, 3.05) is 52.5 Å². The summed E-state index contributed by atoms with van der Waals surface area (Å²) in [6.45, 7) is 5.70. The summed E-state index contributed by atoms with van der Waals surface area (Å²) >= 11 is 0. The Kier molecular flexibility index (Phi) is 17.7. The number of amides is 7. The van der Waals surface area contributed by atoms with Crippen molar-refractivity contribution in [1.29, 1.82) is 0 Å². The molecule has 4 aromatic carbocycles. The molecule has 7 rings (SSSR count). The maximum absolute atomic E-state index is 13.8. The second-order valence-electron chi connectivity index (χ2n) is 19.0. The zero-order valence-electron chi connectivity index (χ0n) is 40.7. The Bertz CT molecular complexity index is 2470. The minimum atomic E-state index is -1.14. The lowest BCUT2D eigenvalue weighted by molar-refractivity contribution is -0.127. The fourth-order valence-electron chi connectivity index (χ4n) is 9.28. The number of benzene rings is 4. The first kappa shape index (κ1) is 51.4. The highest BCUT2D eigenvalue weighted by atomic mass is 16.6. The molecule has 0 spiro atoms. The summed E-state index contributed by atoms with van der Waals surface area (Å²) in [4.78, 5) is 95.0. The van der Waals surface area contributed by atoms with Gasteiger partial charge in [0.05, 0.1) is 13.1 Å². The number of rotatable bonds is 6. The number of hydrogen-bond acceptors (Lipinski definition) is 10.